The summed E-state index contributed by atoms with van der Waals surface area (Å²) < 4.78 is 27.6. The average Bonchev–Trinajstić information content (AvgIpc) is 2.67. The Labute approximate surface area is 186 Å². The smallest absolute Gasteiger partial charge is 0.264 e. The van der Waals surface area contributed by atoms with Crippen molar-refractivity contribution in [1.82, 2.24) is 10.6 Å². The highest BCUT2D eigenvalue weighted by atomic mass is 32.2. The molecule has 2 N–H and O–H groups in total. The SMILES string of the molecule is CCN(c1ccccc1)S(=O)(=O)c1ccc(C(=O)NC2CC(C)(C)NC(C)(C)C2)cc1. The lowest BCUT2D eigenvalue weighted by molar-refractivity contribution is 0.0873. The lowest BCUT2D eigenvalue weighted by Crippen LogP contribution is -2.62. The summed E-state index contributed by atoms with van der Waals surface area (Å²) in [4.78, 5) is 13.0. The van der Waals surface area contributed by atoms with Gasteiger partial charge in [-0.15, -0.1) is 0 Å². The average molecular weight is 444 g/mol. The molecule has 1 heterocycles. The molecule has 1 aliphatic rings. The van der Waals surface area contributed by atoms with Gasteiger partial charge >= 0.3 is 0 Å². The molecular weight excluding hydrogens is 410 g/mol. The van der Waals surface area contributed by atoms with Crippen LogP contribution in [-0.4, -0.2) is 38.0 Å². The van der Waals surface area contributed by atoms with Crippen molar-refractivity contribution in [3.63, 3.8) is 0 Å². The number of piperidine rings is 1. The molecule has 0 aliphatic carbocycles. The molecule has 0 atom stereocenters. The number of carbonyl (C=O) groups excluding carboxylic acids is 1. The van der Waals surface area contributed by atoms with Crippen molar-refractivity contribution in [1.29, 1.82) is 0 Å². The lowest BCUT2D eigenvalue weighted by Gasteiger charge is -2.46. The number of anilines is 1. The van der Waals surface area contributed by atoms with E-state index in [1.807, 2.05) is 18.2 Å². The van der Waals surface area contributed by atoms with E-state index in [2.05, 4.69) is 38.3 Å². The number of benzene rings is 2. The van der Waals surface area contributed by atoms with E-state index >= 15 is 0 Å². The molecule has 2 aromatic rings. The molecule has 3 rings (SSSR count). The predicted molar refractivity (Wildman–Crippen MR) is 125 cm³/mol. The highest BCUT2D eigenvalue weighted by molar-refractivity contribution is 7.92. The van der Waals surface area contributed by atoms with Crippen LogP contribution < -0.4 is 14.9 Å². The fourth-order valence-electron chi connectivity index (χ4n) is 4.68. The van der Waals surface area contributed by atoms with Crippen molar-refractivity contribution < 1.29 is 13.2 Å². The van der Waals surface area contributed by atoms with E-state index in [1.54, 1.807) is 31.2 Å². The molecule has 0 saturated carbocycles. The molecule has 7 heteroatoms. The second kappa shape index (κ2) is 8.63. The fourth-order valence-corrected chi connectivity index (χ4v) is 6.16. The van der Waals surface area contributed by atoms with Gasteiger partial charge in [0.25, 0.3) is 15.9 Å². The van der Waals surface area contributed by atoms with E-state index in [0.717, 1.165) is 12.8 Å². The third-order valence-corrected chi connectivity index (χ3v) is 7.48. The molecule has 1 amide bonds. The van der Waals surface area contributed by atoms with Gasteiger partial charge < -0.3 is 10.6 Å². The van der Waals surface area contributed by atoms with E-state index < -0.39 is 10.0 Å². The second-order valence-corrected chi connectivity index (χ2v) is 11.4. The zero-order chi connectivity index (χ0) is 22.9. The van der Waals surface area contributed by atoms with Gasteiger partial charge in [-0.1, -0.05) is 18.2 Å². The van der Waals surface area contributed by atoms with Crippen molar-refractivity contribution in [2.24, 2.45) is 0 Å². The van der Waals surface area contributed by atoms with Crippen LogP contribution in [0.3, 0.4) is 0 Å². The molecule has 31 heavy (non-hydrogen) atoms. The van der Waals surface area contributed by atoms with Crippen molar-refractivity contribution in [3.8, 4) is 0 Å². The molecule has 6 nitrogen and oxygen atoms in total. The zero-order valence-corrected chi connectivity index (χ0v) is 19.8. The maximum Gasteiger partial charge on any atom is 0.264 e. The van der Waals surface area contributed by atoms with Crippen LogP contribution in [0.4, 0.5) is 5.69 Å². The molecule has 0 spiro atoms. The van der Waals surface area contributed by atoms with E-state index in [9.17, 15) is 13.2 Å². The Kier molecular flexibility index (Phi) is 6.48. The number of para-hydroxylation sites is 1. The van der Waals surface area contributed by atoms with Crippen LogP contribution >= 0.6 is 0 Å². The fraction of sp³-hybridized carbons (Fsp3) is 0.458. The minimum Gasteiger partial charge on any atom is -0.349 e. The van der Waals surface area contributed by atoms with Gasteiger partial charge in [0.2, 0.25) is 0 Å². The summed E-state index contributed by atoms with van der Waals surface area (Å²) in [7, 11) is -3.71. The number of amides is 1. The first-order chi connectivity index (χ1) is 14.4. The summed E-state index contributed by atoms with van der Waals surface area (Å²) in [6.07, 6.45) is 1.66. The van der Waals surface area contributed by atoms with Crippen LogP contribution in [0.15, 0.2) is 59.5 Å². The summed E-state index contributed by atoms with van der Waals surface area (Å²) >= 11 is 0. The summed E-state index contributed by atoms with van der Waals surface area (Å²) in [6, 6.07) is 15.2. The quantitative estimate of drug-likeness (QED) is 0.709. The van der Waals surface area contributed by atoms with E-state index in [-0.39, 0.29) is 27.9 Å². The zero-order valence-electron chi connectivity index (χ0n) is 19.0. The van der Waals surface area contributed by atoms with E-state index in [4.69, 9.17) is 0 Å². The molecule has 0 aromatic heterocycles. The molecule has 1 aliphatic heterocycles. The largest absolute Gasteiger partial charge is 0.349 e. The van der Waals surface area contributed by atoms with Gasteiger partial charge in [-0.25, -0.2) is 8.42 Å². The summed E-state index contributed by atoms with van der Waals surface area (Å²) in [5, 5.41) is 6.73. The number of hydrogen-bond donors (Lipinski definition) is 2. The monoisotopic (exact) mass is 443 g/mol. The standard InChI is InChI=1S/C24H33N3O3S/c1-6-27(20-10-8-7-9-11-20)31(29,30)21-14-12-18(13-15-21)22(28)25-19-16-23(2,3)26-24(4,5)17-19/h7-15,19,26H,6,16-17H2,1-5H3,(H,25,28). The lowest BCUT2D eigenvalue weighted by atomic mass is 9.79. The molecule has 2 aromatic carbocycles. The molecule has 0 bridgehead atoms. The predicted octanol–water partition coefficient (Wildman–Crippen LogP) is 3.94. The highest BCUT2D eigenvalue weighted by Gasteiger charge is 2.38. The minimum absolute atomic E-state index is 0.0517. The Hall–Kier alpha value is -2.38. The maximum atomic E-state index is 13.1. The van der Waals surface area contributed by atoms with E-state index in [1.165, 1.54) is 16.4 Å². The Morgan fingerprint density at radius 1 is 1.00 bits per heavy atom. The molecule has 168 valence electrons. The van der Waals surface area contributed by atoms with Crippen molar-refractivity contribution in [2.45, 2.75) is 69.5 Å². The number of rotatable bonds is 6. The van der Waals surface area contributed by atoms with Crippen molar-refractivity contribution in [3.05, 3.63) is 60.2 Å². The summed E-state index contributed by atoms with van der Waals surface area (Å²) in [6.45, 7) is 10.7. The Bertz CT molecular complexity index is 1000. The first-order valence-electron chi connectivity index (χ1n) is 10.7. The van der Waals surface area contributed by atoms with Gasteiger partial charge in [0.1, 0.15) is 0 Å². The van der Waals surface area contributed by atoms with Crippen LogP contribution in [0, 0.1) is 0 Å². The molecular formula is C24H33N3O3S. The molecule has 1 fully saturated rings. The highest BCUT2D eigenvalue weighted by Crippen LogP contribution is 2.29. The van der Waals surface area contributed by atoms with Gasteiger partial charge in [0.05, 0.1) is 10.6 Å². The molecule has 1 saturated heterocycles. The van der Waals surface area contributed by atoms with E-state index in [0.29, 0.717) is 17.8 Å². The van der Waals surface area contributed by atoms with Crippen LogP contribution in [-0.2, 0) is 10.0 Å². The minimum atomic E-state index is -3.71. The van der Waals surface area contributed by atoms with Crippen molar-refractivity contribution in [2.75, 3.05) is 10.8 Å². The van der Waals surface area contributed by atoms with Crippen molar-refractivity contribution >= 4 is 21.6 Å². The third-order valence-electron chi connectivity index (χ3n) is 5.56. The number of nitrogens with zero attached hydrogens (tertiary/aromatic N) is 1. The number of carbonyl (C=O) groups is 1. The first-order valence-corrected chi connectivity index (χ1v) is 12.2. The topological polar surface area (TPSA) is 78.5 Å². The first kappa shape index (κ1) is 23.3. The van der Waals surface area contributed by atoms with Crippen LogP contribution in [0.2, 0.25) is 0 Å². The number of hydrogen-bond acceptors (Lipinski definition) is 4. The van der Waals surface area contributed by atoms with Crippen LogP contribution in [0.25, 0.3) is 0 Å². The molecule has 0 unspecified atom stereocenters. The van der Waals surface area contributed by atoms with Gasteiger partial charge in [0.15, 0.2) is 0 Å². The normalized spacial score (nSPS) is 18.4. The van der Waals surface area contributed by atoms with Crippen LogP contribution in [0.1, 0.15) is 57.8 Å². The Balaban J connectivity index is 1.75. The number of sulfonamides is 1. The summed E-state index contributed by atoms with van der Waals surface area (Å²) in [5.74, 6) is -0.183. The van der Waals surface area contributed by atoms with Gasteiger partial charge in [-0.3, -0.25) is 9.10 Å². The van der Waals surface area contributed by atoms with Gasteiger partial charge in [-0.05, 0) is 83.9 Å². The Morgan fingerprint density at radius 3 is 2.06 bits per heavy atom. The Morgan fingerprint density at radius 2 is 1.55 bits per heavy atom. The third kappa shape index (κ3) is 5.46. The molecule has 0 radical (unpaired) electrons. The maximum absolute atomic E-state index is 13.1. The van der Waals surface area contributed by atoms with Gasteiger partial charge in [0, 0.05) is 29.2 Å². The summed E-state index contributed by atoms with van der Waals surface area (Å²) in [5.41, 5.74) is 0.927. The van der Waals surface area contributed by atoms with Crippen LogP contribution in [0.5, 0.6) is 0 Å². The number of nitrogens with one attached hydrogen (secondary N) is 2. The second-order valence-electron chi connectivity index (χ2n) is 9.50. The van der Waals surface area contributed by atoms with Gasteiger partial charge in [-0.2, -0.15) is 0 Å².